The van der Waals surface area contributed by atoms with Crippen LogP contribution in [0.15, 0.2) is 59.4 Å². The summed E-state index contributed by atoms with van der Waals surface area (Å²) in [7, 11) is -1.93. The molecule has 0 saturated heterocycles. The molecule has 1 heterocycles. The van der Waals surface area contributed by atoms with E-state index >= 15 is 0 Å². The number of aromatic amines is 1. The van der Waals surface area contributed by atoms with E-state index in [1.54, 1.807) is 25.3 Å². The van der Waals surface area contributed by atoms with Gasteiger partial charge in [0.1, 0.15) is 5.75 Å². The molecule has 0 atom stereocenters. The standard InChI is InChI=1S/C19H20N2O4S/c1-25-17-8-7-15-11-16(19(22)21-18(15)12-17)13-20-26(23,24)10-9-14-5-3-2-4-6-14/h2-8,11-12,20H,9-10,13H2,1H3,(H,21,22). The summed E-state index contributed by atoms with van der Waals surface area (Å²) in [5, 5.41) is 0.809. The number of pyridine rings is 1. The number of aryl methyl sites for hydroxylation is 1. The largest absolute Gasteiger partial charge is 0.497 e. The molecule has 0 saturated carbocycles. The molecular formula is C19H20N2O4S. The predicted molar refractivity (Wildman–Crippen MR) is 102 cm³/mol. The molecule has 0 amide bonds. The van der Waals surface area contributed by atoms with Crippen LogP contribution in [0.5, 0.6) is 5.75 Å². The number of H-pyrrole nitrogens is 1. The van der Waals surface area contributed by atoms with Gasteiger partial charge in [-0.2, -0.15) is 0 Å². The first-order valence-corrected chi connectivity index (χ1v) is 9.83. The number of ether oxygens (including phenoxy) is 1. The van der Waals surface area contributed by atoms with E-state index in [-0.39, 0.29) is 17.9 Å². The van der Waals surface area contributed by atoms with Crippen molar-refractivity contribution in [1.29, 1.82) is 0 Å². The lowest BCUT2D eigenvalue weighted by atomic mass is 10.1. The topological polar surface area (TPSA) is 88.3 Å². The summed E-state index contributed by atoms with van der Waals surface area (Å²) < 4.78 is 32.0. The Bertz CT molecular complexity index is 1060. The molecule has 7 heteroatoms. The molecule has 0 unspecified atom stereocenters. The van der Waals surface area contributed by atoms with Gasteiger partial charge in [-0.1, -0.05) is 30.3 Å². The van der Waals surface area contributed by atoms with E-state index in [9.17, 15) is 13.2 Å². The van der Waals surface area contributed by atoms with Gasteiger partial charge in [-0.3, -0.25) is 4.79 Å². The zero-order valence-corrected chi connectivity index (χ0v) is 15.2. The molecule has 136 valence electrons. The smallest absolute Gasteiger partial charge is 0.252 e. The molecule has 0 aliphatic carbocycles. The summed E-state index contributed by atoms with van der Waals surface area (Å²) in [4.78, 5) is 15.0. The number of benzene rings is 2. The number of sulfonamides is 1. The van der Waals surface area contributed by atoms with Crippen LogP contribution < -0.4 is 15.0 Å². The first kappa shape index (κ1) is 18.2. The number of fused-ring (bicyclic) bond motifs is 1. The van der Waals surface area contributed by atoms with Crippen molar-refractivity contribution in [1.82, 2.24) is 9.71 Å². The Balaban J connectivity index is 1.70. The average molecular weight is 372 g/mol. The van der Waals surface area contributed by atoms with Crippen LogP contribution in [-0.4, -0.2) is 26.3 Å². The monoisotopic (exact) mass is 372 g/mol. The van der Waals surface area contributed by atoms with Crippen LogP contribution in [-0.2, 0) is 23.0 Å². The van der Waals surface area contributed by atoms with Gasteiger partial charge in [-0.25, -0.2) is 13.1 Å². The molecular weight excluding hydrogens is 352 g/mol. The van der Waals surface area contributed by atoms with E-state index in [0.717, 1.165) is 10.9 Å². The van der Waals surface area contributed by atoms with Crippen molar-refractivity contribution in [3.8, 4) is 5.75 Å². The molecule has 1 aromatic heterocycles. The van der Waals surface area contributed by atoms with Crippen molar-refractivity contribution >= 4 is 20.9 Å². The Hall–Kier alpha value is -2.64. The molecule has 2 N–H and O–H groups in total. The number of nitrogens with one attached hydrogen (secondary N) is 2. The van der Waals surface area contributed by atoms with Gasteiger partial charge in [0.15, 0.2) is 0 Å². The van der Waals surface area contributed by atoms with Crippen LogP contribution in [0, 0.1) is 0 Å². The zero-order chi connectivity index (χ0) is 18.6. The maximum atomic E-state index is 12.2. The van der Waals surface area contributed by atoms with E-state index < -0.39 is 10.0 Å². The van der Waals surface area contributed by atoms with Gasteiger partial charge in [0, 0.05) is 18.2 Å². The van der Waals surface area contributed by atoms with E-state index in [4.69, 9.17) is 4.74 Å². The van der Waals surface area contributed by atoms with Crippen LogP contribution in [0.25, 0.3) is 10.9 Å². The maximum Gasteiger partial charge on any atom is 0.252 e. The highest BCUT2D eigenvalue weighted by Gasteiger charge is 2.12. The minimum absolute atomic E-state index is 0.0281. The summed E-state index contributed by atoms with van der Waals surface area (Å²) in [6.45, 7) is -0.0472. The lowest BCUT2D eigenvalue weighted by molar-refractivity contribution is 0.415. The maximum absolute atomic E-state index is 12.2. The quantitative estimate of drug-likeness (QED) is 0.665. The van der Waals surface area contributed by atoms with Crippen molar-refractivity contribution in [3.63, 3.8) is 0 Å². The van der Waals surface area contributed by atoms with Crippen molar-refractivity contribution in [2.45, 2.75) is 13.0 Å². The van der Waals surface area contributed by atoms with Crippen LogP contribution in [0.2, 0.25) is 0 Å². The molecule has 3 rings (SSSR count). The second-order valence-electron chi connectivity index (χ2n) is 5.95. The van der Waals surface area contributed by atoms with Crippen molar-refractivity contribution in [3.05, 3.63) is 76.1 Å². The zero-order valence-electron chi connectivity index (χ0n) is 14.4. The third-order valence-corrected chi connectivity index (χ3v) is 5.44. The van der Waals surface area contributed by atoms with Crippen LogP contribution in [0.1, 0.15) is 11.1 Å². The van der Waals surface area contributed by atoms with E-state index in [1.165, 1.54) is 0 Å². The Morgan fingerprint density at radius 2 is 1.85 bits per heavy atom. The number of hydrogen-bond acceptors (Lipinski definition) is 4. The van der Waals surface area contributed by atoms with Crippen molar-refractivity contribution in [2.24, 2.45) is 0 Å². The molecule has 6 nitrogen and oxygen atoms in total. The van der Waals surface area contributed by atoms with E-state index in [1.807, 2.05) is 36.4 Å². The van der Waals surface area contributed by atoms with E-state index in [2.05, 4.69) is 9.71 Å². The van der Waals surface area contributed by atoms with Gasteiger partial charge < -0.3 is 9.72 Å². The number of hydrogen-bond donors (Lipinski definition) is 2. The second-order valence-corrected chi connectivity index (χ2v) is 7.88. The summed E-state index contributed by atoms with van der Waals surface area (Å²) in [6.07, 6.45) is 0.421. The number of rotatable bonds is 7. The predicted octanol–water partition coefficient (Wildman–Crippen LogP) is 2.20. The molecule has 3 aromatic rings. The van der Waals surface area contributed by atoms with Gasteiger partial charge >= 0.3 is 0 Å². The molecule has 0 bridgehead atoms. The second kappa shape index (κ2) is 7.72. The average Bonchev–Trinajstić information content (AvgIpc) is 2.65. The number of methoxy groups -OCH3 is 1. The fourth-order valence-corrected chi connectivity index (χ4v) is 3.66. The lowest BCUT2D eigenvalue weighted by Gasteiger charge is -2.08. The Kier molecular flexibility index (Phi) is 5.39. The fourth-order valence-electron chi connectivity index (χ4n) is 2.64. The van der Waals surface area contributed by atoms with E-state index in [0.29, 0.717) is 23.3 Å². The Morgan fingerprint density at radius 3 is 2.58 bits per heavy atom. The van der Waals surface area contributed by atoms with Crippen LogP contribution in [0.4, 0.5) is 0 Å². The highest BCUT2D eigenvalue weighted by Crippen LogP contribution is 2.18. The van der Waals surface area contributed by atoms with Crippen molar-refractivity contribution in [2.75, 3.05) is 12.9 Å². The highest BCUT2D eigenvalue weighted by atomic mass is 32.2. The first-order valence-electron chi connectivity index (χ1n) is 8.18. The minimum atomic E-state index is -3.48. The molecule has 0 radical (unpaired) electrons. The molecule has 0 aliphatic heterocycles. The van der Waals surface area contributed by atoms with Crippen LogP contribution >= 0.6 is 0 Å². The summed E-state index contributed by atoms with van der Waals surface area (Å²) >= 11 is 0. The van der Waals surface area contributed by atoms with Crippen molar-refractivity contribution < 1.29 is 13.2 Å². The number of aromatic nitrogens is 1. The molecule has 2 aromatic carbocycles. The summed E-state index contributed by atoms with van der Waals surface area (Å²) in [6, 6.07) is 16.4. The minimum Gasteiger partial charge on any atom is -0.497 e. The SMILES string of the molecule is COc1ccc2cc(CNS(=O)(=O)CCc3ccccc3)c(=O)[nH]c2c1. The molecule has 26 heavy (non-hydrogen) atoms. The third kappa shape index (κ3) is 4.50. The normalized spacial score (nSPS) is 11.6. The Labute approximate surface area is 151 Å². The van der Waals surface area contributed by atoms with Gasteiger partial charge in [0.05, 0.1) is 18.4 Å². The molecule has 0 fully saturated rings. The molecule has 0 aliphatic rings. The van der Waals surface area contributed by atoms with Gasteiger partial charge in [0.25, 0.3) is 5.56 Å². The molecule has 0 spiro atoms. The fraction of sp³-hybridized carbons (Fsp3) is 0.211. The lowest BCUT2D eigenvalue weighted by Crippen LogP contribution is -2.29. The van der Waals surface area contributed by atoms with Crippen LogP contribution in [0.3, 0.4) is 0 Å². The van der Waals surface area contributed by atoms with Gasteiger partial charge in [0.2, 0.25) is 10.0 Å². The highest BCUT2D eigenvalue weighted by molar-refractivity contribution is 7.89. The van der Waals surface area contributed by atoms with Gasteiger partial charge in [-0.05, 0) is 35.6 Å². The van der Waals surface area contributed by atoms with Gasteiger partial charge in [-0.15, -0.1) is 0 Å². The summed E-state index contributed by atoms with van der Waals surface area (Å²) in [5.74, 6) is 0.613. The summed E-state index contributed by atoms with van der Waals surface area (Å²) in [5.41, 5.74) is 1.64. The Morgan fingerprint density at radius 1 is 1.08 bits per heavy atom. The first-order chi connectivity index (χ1) is 12.5. The third-order valence-electron chi connectivity index (χ3n) is 4.11.